The van der Waals surface area contributed by atoms with Gasteiger partial charge in [0.2, 0.25) is 5.89 Å². The number of nitrogens with zero attached hydrogens (tertiary/aromatic N) is 2. The van der Waals surface area contributed by atoms with Crippen LogP contribution in [-0.4, -0.2) is 35.1 Å². The maximum atomic E-state index is 5.87. The fraction of sp³-hybridized carbons (Fsp3) is 0.562. The number of hydrogen-bond donors (Lipinski definition) is 1. The Labute approximate surface area is 119 Å². The highest BCUT2D eigenvalue weighted by atomic mass is 16.3. The van der Waals surface area contributed by atoms with Crippen molar-refractivity contribution in [2.45, 2.75) is 44.3 Å². The molecule has 0 spiro atoms. The third kappa shape index (κ3) is 2.23. The van der Waals surface area contributed by atoms with Crippen molar-refractivity contribution in [3.05, 3.63) is 30.2 Å². The standard InChI is InChI=1S/C16H21N3O/c1-2-8-15-13(5-1)18-16(20-15)11-19-10-4-7-14(19)12-6-3-9-17-12/h1-2,5,8,12,14,17H,3-4,6-7,9-11H2. The first-order valence-corrected chi connectivity index (χ1v) is 7.72. The van der Waals surface area contributed by atoms with Crippen molar-refractivity contribution < 1.29 is 4.42 Å². The van der Waals surface area contributed by atoms with Crippen LogP contribution in [0.1, 0.15) is 31.6 Å². The molecule has 0 saturated carbocycles. The van der Waals surface area contributed by atoms with Crippen LogP contribution >= 0.6 is 0 Å². The van der Waals surface area contributed by atoms with Crippen LogP contribution in [-0.2, 0) is 6.54 Å². The molecule has 2 aliphatic rings. The molecule has 106 valence electrons. The molecule has 0 aliphatic carbocycles. The van der Waals surface area contributed by atoms with E-state index >= 15 is 0 Å². The SMILES string of the molecule is c1ccc2oc(CN3CCCC3C3CCCN3)nc2c1. The summed E-state index contributed by atoms with van der Waals surface area (Å²) >= 11 is 0. The zero-order valence-corrected chi connectivity index (χ0v) is 11.7. The highest BCUT2D eigenvalue weighted by Gasteiger charge is 2.33. The summed E-state index contributed by atoms with van der Waals surface area (Å²) in [5.74, 6) is 0.857. The second-order valence-corrected chi connectivity index (χ2v) is 5.96. The average molecular weight is 271 g/mol. The summed E-state index contributed by atoms with van der Waals surface area (Å²) in [5.41, 5.74) is 1.87. The fourth-order valence-corrected chi connectivity index (χ4v) is 3.71. The Balaban J connectivity index is 1.52. The van der Waals surface area contributed by atoms with E-state index in [-0.39, 0.29) is 0 Å². The molecule has 0 amide bonds. The number of oxazole rings is 1. The lowest BCUT2D eigenvalue weighted by Gasteiger charge is -2.28. The summed E-state index contributed by atoms with van der Waals surface area (Å²) < 4.78 is 5.87. The highest BCUT2D eigenvalue weighted by Crippen LogP contribution is 2.27. The summed E-state index contributed by atoms with van der Waals surface area (Å²) in [6.45, 7) is 3.19. The van der Waals surface area contributed by atoms with E-state index in [0.29, 0.717) is 12.1 Å². The molecule has 0 bridgehead atoms. The van der Waals surface area contributed by atoms with Crippen LogP contribution < -0.4 is 5.32 Å². The Morgan fingerprint density at radius 3 is 3.05 bits per heavy atom. The Morgan fingerprint density at radius 2 is 2.20 bits per heavy atom. The lowest BCUT2D eigenvalue weighted by Crippen LogP contribution is -2.43. The molecule has 2 fully saturated rings. The first-order chi connectivity index (χ1) is 9.90. The Hall–Kier alpha value is -1.39. The van der Waals surface area contributed by atoms with Crippen LogP contribution in [0.5, 0.6) is 0 Å². The molecule has 1 aromatic carbocycles. The molecule has 3 heterocycles. The number of nitrogens with one attached hydrogen (secondary N) is 1. The van der Waals surface area contributed by atoms with Gasteiger partial charge in [0.05, 0.1) is 6.54 Å². The predicted octanol–water partition coefficient (Wildman–Crippen LogP) is 2.54. The maximum absolute atomic E-state index is 5.87. The van der Waals surface area contributed by atoms with E-state index in [2.05, 4.69) is 15.2 Å². The van der Waals surface area contributed by atoms with Gasteiger partial charge in [-0.25, -0.2) is 4.98 Å². The van der Waals surface area contributed by atoms with Gasteiger partial charge in [0.1, 0.15) is 5.52 Å². The van der Waals surface area contributed by atoms with Gasteiger partial charge in [-0.05, 0) is 50.9 Å². The van der Waals surface area contributed by atoms with Crippen LogP contribution in [0.15, 0.2) is 28.7 Å². The minimum absolute atomic E-state index is 0.660. The van der Waals surface area contributed by atoms with E-state index in [1.54, 1.807) is 0 Å². The van der Waals surface area contributed by atoms with Gasteiger partial charge in [-0.2, -0.15) is 0 Å². The van der Waals surface area contributed by atoms with Crippen molar-refractivity contribution in [2.24, 2.45) is 0 Å². The molecule has 2 unspecified atom stereocenters. The lowest BCUT2D eigenvalue weighted by molar-refractivity contribution is 0.190. The number of para-hydroxylation sites is 2. The van der Waals surface area contributed by atoms with Crippen molar-refractivity contribution in [1.82, 2.24) is 15.2 Å². The summed E-state index contributed by atoms with van der Waals surface area (Å²) in [4.78, 5) is 7.16. The fourth-order valence-electron chi connectivity index (χ4n) is 3.71. The molecule has 2 aliphatic heterocycles. The van der Waals surface area contributed by atoms with Crippen molar-refractivity contribution in [2.75, 3.05) is 13.1 Å². The number of aromatic nitrogens is 1. The average Bonchev–Trinajstić information content (AvgIpc) is 3.18. The minimum Gasteiger partial charge on any atom is -0.439 e. The lowest BCUT2D eigenvalue weighted by atomic mass is 10.0. The van der Waals surface area contributed by atoms with E-state index in [4.69, 9.17) is 4.42 Å². The van der Waals surface area contributed by atoms with E-state index in [9.17, 15) is 0 Å². The van der Waals surface area contributed by atoms with Crippen molar-refractivity contribution in [3.8, 4) is 0 Å². The highest BCUT2D eigenvalue weighted by molar-refractivity contribution is 5.72. The molecule has 2 saturated heterocycles. The predicted molar refractivity (Wildman–Crippen MR) is 78.5 cm³/mol. The largest absolute Gasteiger partial charge is 0.439 e. The van der Waals surface area contributed by atoms with Gasteiger partial charge in [0.15, 0.2) is 5.58 Å². The smallest absolute Gasteiger partial charge is 0.209 e. The summed E-state index contributed by atoms with van der Waals surface area (Å²) in [6.07, 6.45) is 5.23. The molecular formula is C16H21N3O. The normalized spacial score (nSPS) is 27.6. The quantitative estimate of drug-likeness (QED) is 0.931. The van der Waals surface area contributed by atoms with Crippen LogP contribution in [0.2, 0.25) is 0 Å². The Morgan fingerprint density at radius 1 is 1.25 bits per heavy atom. The van der Waals surface area contributed by atoms with Gasteiger partial charge in [0, 0.05) is 12.1 Å². The van der Waals surface area contributed by atoms with Gasteiger partial charge < -0.3 is 9.73 Å². The van der Waals surface area contributed by atoms with E-state index in [0.717, 1.165) is 23.5 Å². The van der Waals surface area contributed by atoms with Crippen LogP contribution in [0.4, 0.5) is 0 Å². The first-order valence-electron chi connectivity index (χ1n) is 7.72. The number of fused-ring (bicyclic) bond motifs is 1. The molecule has 0 radical (unpaired) electrons. The minimum atomic E-state index is 0.660. The van der Waals surface area contributed by atoms with Gasteiger partial charge in [-0.15, -0.1) is 0 Å². The number of hydrogen-bond acceptors (Lipinski definition) is 4. The zero-order chi connectivity index (χ0) is 13.4. The van der Waals surface area contributed by atoms with Crippen molar-refractivity contribution >= 4 is 11.1 Å². The van der Waals surface area contributed by atoms with Gasteiger partial charge in [-0.3, -0.25) is 4.90 Å². The molecule has 4 heteroatoms. The molecule has 4 nitrogen and oxygen atoms in total. The first kappa shape index (κ1) is 12.4. The molecule has 20 heavy (non-hydrogen) atoms. The van der Waals surface area contributed by atoms with Crippen LogP contribution in [0, 0.1) is 0 Å². The Kier molecular flexibility index (Phi) is 3.20. The molecule has 1 aromatic heterocycles. The number of likely N-dealkylation sites (tertiary alicyclic amines) is 1. The molecule has 2 aromatic rings. The monoisotopic (exact) mass is 271 g/mol. The Bertz CT molecular complexity index is 555. The third-order valence-electron chi connectivity index (χ3n) is 4.65. The number of rotatable bonds is 3. The second-order valence-electron chi connectivity index (χ2n) is 5.96. The van der Waals surface area contributed by atoms with E-state index in [1.165, 1.54) is 38.8 Å². The van der Waals surface area contributed by atoms with Crippen molar-refractivity contribution in [1.29, 1.82) is 0 Å². The maximum Gasteiger partial charge on any atom is 0.209 e. The van der Waals surface area contributed by atoms with Gasteiger partial charge in [0.25, 0.3) is 0 Å². The van der Waals surface area contributed by atoms with E-state index < -0.39 is 0 Å². The number of benzene rings is 1. The van der Waals surface area contributed by atoms with Gasteiger partial charge in [-0.1, -0.05) is 12.1 Å². The molecular weight excluding hydrogens is 250 g/mol. The van der Waals surface area contributed by atoms with Gasteiger partial charge >= 0.3 is 0 Å². The zero-order valence-electron chi connectivity index (χ0n) is 11.7. The molecule has 2 atom stereocenters. The van der Waals surface area contributed by atoms with E-state index in [1.807, 2.05) is 24.3 Å². The molecule has 1 N–H and O–H groups in total. The molecule has 4 rings (SSSR count). The topological polar surface area (TPSA) is 41.3 Å². The third-order valence-corrected chi connectivity index (χ3v) is 4.65. The van der Waals surface area contributed by atoms with Crippen molar-refractivity contribution in [3.63, 3.8) is 0 Å². The second kappa shape index (κ2) is 5.19. The summed E-state index contributed by atoms with van der Waals surface area (Å²) in [6, 6.07) is 9.34. The summed E-state index contributed by atoms with van der Waals surface area (Å²) in [5, 5.41) is 3.65. The van der Waals surface area contributed by atoms with Crippen LogP contribution in [0.25, 0.3) is 11.1 Å². The van der Waals surface area contributed by atoms with Crippen LogP contribution in [0.3, 0.4) is 0 Å². The summed E-state index contributed by atoms with van der Waals surface area (Å²) in [7, 11) is 0.